The van der Waals surface area contributed by atoms with E-state index in [1.807, 2.05) is 12.2 Å². The van der Waals surface area contributed by atoms with Gasteiger partial charge in [0.25, 0.3) is 5.91 Å². The maximum atomic E-state index is 14.2. The lowest BCUT2D eigenvalue weighted by molar-refractivity contribution is -0.134. The quantitative estimate of drug-likeness (QED) is 0.267. The zero-order chi connectivity index (χ0) is 37.3. The molecule has 0 unspecified atom stereocenters. The molecule has 2 saturated carbocycles. The number of halogens is 1. The van der Waals surface area contributed by atoms with Crippen LogP contribution in [-0.4, -0.2) is 91.4 Å². The van der Waals surface area contributed by atoms with E-state index in [0.717, 1.165) is 25.7 Å². The SMILES string of the molecule is COc1c(O[C@@H]2C[C@H]3C(=O)N[C@]4(C(=O)NS(=O)(=O)C5CC5)C[C@H]4/C=C\CCCCC[C@@H](NC(=O)OC(C)(C)C)OCN3C2)ccc2c(Cl)nccc12. The molecule has 14 nitrogen and oxygen atoms in total. The van der Waals surface area contributed by atoms with Crippen molar-refractivity contribution in [1.29, 1.82) is 0 Å². The number of carbonyl (C=O) groups is 3. The topological polar surface area (TPSA) is 174 Å². The molecule has 1 saturated heterocycles. The molecule has 1 aromatic carbocycles. The lowest BCUT2D eigenvalue weighted by Gasteiger charge is -2.29. The van der Waals surface area contributed by atoms with Crippen molar-refractivity contribution in [3.05, 3.63) is 41.7 Å². The van der Waals surface area contributed by atoms with Gasteiger partial charge in [-0.2, -0.15) is 0 Å². The summed E-state index contributed by atoms with van der Waals surface area (Å²) in [4.78, 5) is 46.6. The van der Waals surface area contributed by atoms with Crippen molar-refractivity contribution in [3.63, 3.8) is 0 Å². The normalized spacial score (nSPS) is 28.1. The van der Waals surface area contributed by atoms with Gasteiger partial charge in [-0.1, -0.05) is 30.2 Å². The number of nitrogens with zero attached hydrogens (tertiary/aromatic N) is 2. The first-order chi connectivity index (χ1) is 24.7. The number of amides is 3. The third kappa shape index (κ3) is 8.92. The molecule has 284 valence electrons. The molecule has 1 aromatic heterocycles. The van der Waals surface area contributed by atoms with Gasteiger partial charge in [-0.05, 0) is 83.9 Å². The average Bonchev–Trinajstić information content (AvgIpc) is 3.99. The maximum absolute atomic E-state index is 14.2. The molecule has 0 bridgehead atoms. The van der Waals surface area contributed by atoms with Crippen molar-refractivity contribution in [2.45, 2.75) is 113 Å². The molecule has 52 heavy (non-hydrogen) atoms. The van der Waals surface area contributed by atoms with Crippen LogP contribution in [0.3, 0.4) is 0 Å². The number of hydrogen-bond acceptors (Lipinski definition) is 11. The Morgan fingerprint density at radius 3 is 2.63 bits per heavy atom. The molecule has 4 aliphatic rings. The highest BCUT2D eigenvalue weighted by Gasteiger charge is 2.62. The average molecular weight is 762 g/mol. The zero-order valence-corrected chi connectivity index (χ0v) is 31.6. The van der Waals surface area contributed by atoms with Crippen LogP contribution in [0.25, 0.3) is 10.8 Å². The molecule has 16 heteroatoms. The summed E-state index contributed by atoms with van der Waals surface area (Å²) < 4.78 is 51.8. The fourth-order valence-corrected chi connectivity index (χ4v) is 8.42. The standard InChI is InChI=1S/C36H48ClN5O9S/c1-35(2,3)51-34(45)39-29-11-9-7-5-6-8-10-22-19-36(22,33(44)41-52(46,47)24-12-13-24)40-32(43)27-18-23(20-42(27)21-49-29)50-28-15-14-26-25(30(28)48-4)16-17-38-31(26)37/h8,10,14-17,22-24,27,29H,5-7,9,11-13,18-21H2,1-4H3,(H,39,45)(H,40,43)(H,41,44)/b10-8-/t22-,23-,27+,29+,36-/m1/s1. The van der Waals surface area contributed by atoms with Gasteiger partial charge in [0.15, 0.2) is 11.5 Å². The number of ether oxygens (including phenoxy) is 4. The summed E-state index contributed by atoms with van der Waals surface area (Å²) in [6, 6.07) is 4.49. The summed E-state index contributed by atoms with van der Waals surface area (Å²) in [5.74, 6) is -0.641. The number of benzene rings is 1. The number of aromatic nitrogens is 1. The van der Waals surface area contributed by atoms with E-state index in [2.05, 4.69) is 20.3 Å². The lowest BCUT2D eigenvalue weighted by atomic mass is 10.1. The van der Waals surface area contributed by atoms with Crippen molar-refractivity contribution in [3.8, 4) is 11.5 Å². The minimum atomic E-state index is -3.84. The summed E-state index contributed by atoms with van der Waals surface area (Å²) in [6.45, 7) is 5.55. The van der Waals surface area contributed by atoms with Gasteiger partial charge >= 0.3 is 6.09 Å². The van der Waals surface area contributed by atoms with Crippen LogP contribution in [0.1, 0.15) is 78.6 Å². The minimum absolute atomic E-state index is 0.0485. The molecule has 3 fully saturated rings. The predicted molar refractivity (Wildman–Crippen MR) is 193 cm³/mol. The van der Waals surface area contributed by atoms with E-state index in [0.29, 0.717) is 46.7 Å². The highest BCUT2D eigenvalue weighted by atomic mass is 35.5. The molecular formula is C36H48ClN5O9S. The van der Waals surface area contributed by atoms with Gasteiger partial charge in [0.05, 0.1) is 18.4 Å². The van der Waals surface area contributed by atoms with Gasteiger partial charge in [0.1, 0.15) is 35.4 Å². The number of rotatable bonds is 7. The van der Waals surface area contributed by atoms with Crippen molar-refractivity contribution < 1.29 is 41.7 Å². The number of carbonyl (C=O) groups excluding carboxylic acids is 3. The highest BCUT2D eigenvalue weighted by Crippen LogP contribution is 2.46. The summed E-state index contributed by atoms with van der Waals surface area (Å²) in [7, 11) is -2.31. The van der Waals surface area contributed by atoms with Crippen LogP contribution in [0.15, 0.2) is 36.5 Å². The van der Waals surface area contributed by atoms with Gasteiger partial charge < -0.3 is 24.3 Å². The van der Waals surface area contributed by atoms with E-state index >= 15 is 0 Å². The summed E-state index contributed by atoms with van der Waals surface area (Å²) in [5.41, 5.74) is -2.11. The Kier molecular flexibility index (Phi) is 11.3. The monoisotopic (exact) mass is 761 g/mol. The third-order valence-corrected chi connectivity index (χ3v) is 11.9. The van der Waals surface area contributed by atoms with E-state index < -0.39 is 62.7 Å². The molecule has 2 aliphatic heterocycles. The van der Waals surface area contributed by atoms with Crippen LogP contribution < -0.4 is 24.8 Å². The second-order valence-electron chi connectivity index (χ2n) is 15.0. The van der Waals surface area contributed by atoms with Crippen molar-refractivity contribution in [2.24, 2.45) is 5.92 Å². The highest BCUT2D eigenvalue weighted by molar-refractivity contribution is 7.91. The van der Waals surface area contributed by atoms with Crippen LogP contribution in [0.2, 0.25) is 5.15 Å². The Labute approximate surface area is 309 Å². The summed E-state index contributed by atoms with van der Waals surface area (Å²) in [5, 5.41) is 6.92. The number of fused-ring (bicyclic) bond motifs is 3. The Morgan fingerprint density at radius 1 is 1.12 bits per heavy atom. The van der Waals surface area contributed by atoms with Gasteiger partial charge in [-0.3, -0.25) is 24.5 Å². The first kappa shape index (κ1) is 38.1. The molecule has 0 radical (unpaired) electrons. The largest absolute Gasteiger partial charge is 0.492 e. The second-order valence-corrected chi connectivity index (χ2v) is 17.3. The first-order valence-electron chi connectivity index (χ1n) is 17.9. The van der Waals surface area contributed by atoms with E-state index in [4.69, 9.17) is 30.5 Å². The van der Waals surface area contributed by atoms with Crippen LogP contribution in [-0.2, 0) is 29.1 Å². The molecule has 6 rings (SSSR count). The first-order valence-corrected chi connectivity index (χ1v) is 19.8. The fraction of sp³-hybridized carbons (Fsp3) is 0.611. The third-order valence-electron chi connectivity index (χ3n) is 9.77. The van der Waals surface area contributed by atoms with E-state index in [-0.39, 0.29) is 32.0 Å². The van der Waals surface area contributed by atoms with Gasteiger partial charge in [-0.15, -0.1) is 0 Å². The number of allylic oxidation sites excluding steroid dienone is 1. The molecular weight excluding hydrogens is 714 g/mol. The van der Waals surface area contributed by atoms with Crippen LogP contribution >= 0.6 is 11.6 Å². The Hall–Kier alpha value is -3.66. The number of hydrogen-bond donors (Lipinski definition) is 3. The van der Waals surface area contributed by atoms with Gasteiger partial charge in [-0.25, -0.2) is 18.2 Å². The van der Waals surface area contributed by atoms with E-state index in [1.54, 1.807) is 50.1 Å². The predicted octanol–water partition coefficient (Wildman–Crippen LogP) is 4.55. The molecule has 5 atom stereocenters. The van der Waals surface area contributed by atoms with Gasteiger partial charge in [0, 0.05) is 35.9 Å². The van der Waals surface area contributed by atoms with Crippen LogP contribution in [0.4, 0.5) is 4.79 Å². The Morgan fingerprint density at radius 2 is 1.90 bits per heavy atom. The fourth-order valence-electron chi connectivity index (χ4n) is 6.83. The van der Waals surface area contributed by atoms with Crippen molar-refractivity contribution in [2.75, 3.05) is 20.4 Å². The van der Waals surface area contributed by atoms with Gasteiger partial charge in [0.2, 0.25) is 15.9 Å². The number of methoxy groups -OCH3 is 1. The number of alkyl carbamates (subject to hydrolysis) is 1. The Balaban J connectivity index is 1.26. The smallest absolute Gasteiger partial charge is 0.409 e. The maximum Gasteiger partial charge on any atom is 0.409 e. The molecule has 3 amide bonds. The lowest BCUT2D eigenvalue weighted by Crippen LogP contribution is -2.56. The minimum Gasteiger partial charge on any atom is -0.492 e. The molecule has 0 spiro atoms. The molecule has 3 N–H and O–H groups in total. The van der Waals surface area contributed by atoms with E-state index in [9.17, 15) is 22.8 Å². The van der Waals surface area contributed by atoms with Crippen LogP contribution in [0, 0.1) is 5.92 Å². The Bertz CT molecular complexity index is 1810. The summed E-state index contributed by atoms with van der Waals surface area (Å²) >= 11 is 6.33. The number of nitrogens with one attached hydrogen (secondary N) is 3. The number of sulfonamides is 1. The molecule has 3 heterocycles. The zero-order valence-electron chi connectivity index (χ0n) is 30.0. The van der Waals surface area contributed by atoms with Crippen LogP contribution in [0.5, 0.6) is 11.5 Å². The molecule has 2 aliphatic carbocycles. The number of pyridine rings is 1. The van der Waals surface area contributed by atoms with Crippen molar-refractivity contribution >= 4 is 50.3 Å². The summed E-state index contributed by atoms with van der Waals surface area (Å²) in [6.07, 6.45) is 8.88. The van der Waals surface area contributed by atoms with Crippen molar-refractivity contribution in [1.82, 2.24) is 25.2 Å². The molecule has 2 aromatic rings. The second kappa shape index (κ2) is 15.4. The van der Waals surface area contributed by atoms with E-state index in [1.165, 1.54) is 7.11 Å².